The third kappa shape index (κ3) is 2.31. The predicted molar refractivity (Wildman–Crippen MR) is 63.9 cm³/mol. The maximum atomic E-state index is 5.69. The van der Waals surface area contributed by atoms with Gasteiger partial charge in [-0.3, -0.25) is 4.68 Å². The van der Waals surface area contributed by atoms with Crippen LogP contribution in [0.5, 0.6) is 0 Å². The van der Waals surface area contributed by atoms with E-state index in [0.29, 0.717) is 12.2 Å². The Morgan fingerprint density at radius 1 is 1.50 bits per heavy atom. The lowest BCUT2D eigenvalue weighted by Crippen LogP contribution is -2.03. The van der Waals surface area contributed by atoms with E-state index in [1.807, 2.05) is 32.3 Å². The SMILES string of the molecule is Cc1cc(NCc2ccn(C)n2)ncc1N. The lowest BCUT2D eigenvalue weighted by Gasteiger charge is -2.05. The lowest BCUT2D eigenvalue weighted by atomic mass is 10.2. The summed E-state index contributed by atoms with van der Waals surface area (Å²) in [5.74, 6) is 0.817. The van der Waals surface area contributed by atoms with Crippen LogP contribution in [-0.4, -0.2) is 14.8 Å². The molecule has 0 saturated carbocycles. The van der Waals surface area contributed by atoms with E-state index < -0.39 is 0 Å². The van der Waals surface area contributed by atoms with Crippen molar-refractivity contribution >= 4 is 11.5 Å². The molecule has 0 atom stereocenters. The van der Waals surface area contributed by atoms with E-state index in [1.165, 1.54) is 0 Å². The number of rotatable bonds is 3. The van der Waals surface area contributed by atoms with Crippen molar-refractivity contribution in [3.63, 3.8) is 0 Å². The summed E-state index contributed by atoms with van der Waals surface area (Å²) in [7, 11) is 1.90. The first-order valence-corrected chi connectivity index (χ1v) is 5.09. The molecule has 2 aromatic heterocycles. The normalized spacial score (nSPS) is 10.4. The average Bonchev–Trinajstić information content (AvgIpc) is 2.66. The van der Waals surface area contributed by atoms with E-state index in [1.54, 1.807) is 10.9 Å². The highest BCUT2D eigenvalue weighted by Gasteiger charge is 2.00. The fourth-order valence-corrected chi connectivity index (χ4v) is 1.40. The molecular weight excluding hydrogens is 202 g/mol. The summed E-state index contributed by atoms with van der Waals surface area (Å²) < 4.78 is 1.78. The number of aryl methyl sites for hydroxylation is 2. The third-order valence-electron chi connectivity index (χ3n) is 2.37. The number of anilines is 2. The first-order valence-electron chi connectivity index (χ1n) is 5.09. The van der Waals surface area contributed by atoms with Crippen molar-refractivity contribution < 1.29 is 0 Å². The zero-order valence-corrected chi connectivity index (χ0v) is 9.44. The Morgan fingerprint density at radius 2 is 2.31 bits per heavy atom. The molecule has 0 aliphatic carbocycles. The minimum atomic E-state index is 0.664. The van der Waals surface area contributed by atoms with Crippen molar-refractivity contribution in [3.05, 3.63) is 35.8 Å². The highest BCUT2D eigenvalue weighted by molar-refractivity contribution is 5.50. The number of hydrogen-bond donors (Lipinski definition) is 2. The Morgan fingerprint density at radius 3 is 2.94 bits per heavy atom. The molecule has 0 amide bonds. The minimum Gasteiger partial charge on any atom is -0.397 e. The quantitative estimate of drug-likeness (QED) is 0.813. The van der Waals surface area contributed by atoms with Gasteiger partial charge in [-0.15, -0.1) is 0 Å². The van der Waals surface area contributed by atoms with Crippen LogP contribution in [0.15, 0.2) is 24.5 Å². The van der Waals surface area contributed by atoms with Crippen LogP contribution in [0.2, 0.25) is 0 Å². The monoisotopic (exact) mass is 217 g/mol. The largest absolute Gasteiger partial charge is 0.397 e. The molecule has 0 radical (unpaired) electrons. The van der Waals surface area contributed by atoms with E-state index in [-0.39, 0.29) is 0 Å². The average molecular weight is 217 g/mol. The third-order valence-corrected chi connectivity index (χ3v) is 2.37. The molecule has 16 heavy (non-hydrogen) atoms. The summed E-state index contributed by atoms with van der Waals surface area (Å²) in [6, 6.07) is 3.90. The summed E-state index contributed by atoms with van der Waals surface area (Å²) in [4.78, 5) is 4.19. The topological polar surface area (TPSA) is 68.8 Å². The van der Waals surface area contributed by atoms with Crippen LogP contribution < -0.4 is 11.1 Å². The second kappa shape index (κ2) is 4.22. The Labute approximate surface area is 94.3 Å². The van der Waals surface area contributed by atoms with Crippen LogP contribution in [0.4, 0.5) is 11.5 Å². The van der Waals surface area contributed by atoms with Crippen LogP contribution in [0.3, 0.4) is 0 Å². The Bertz CT molecular complexity index is 489. The molecule has 0 spiro atoms. The second-order valence-electron chi connectivity index (χ2n) is 3.76. The van der Waals surface area contributed by atoms with Crippen LogP contribution in [0, 0.1) is 6.92 Å². The summed E-state index contributed by atoms with van der Waals surface area (Å²) in [6.45, 7) is 2.63. The first kappa shape index (κ1) is 10.5. The fraction of sp³-hybridized carbons (Fsp3) is 0.273. The Kier molecular flexibility index (Phi) is 2.76. The molecule has 0 aliphatic rings. The minimum absolute atomic E-state index is 0.664. The lowest BCUT2D eigenvalue weighted by molar-refractivity contribution is 0.747. The molecule has 2 heterocycles. The standard InChI is InChI=1S/C11H15N5/c1-8-5-11(14-7-10(8)12)13-6-9-3-4-16(2)15-9/h3-5,7H,6,12H2,1-2H3,(H,13,14). The van der Waals surface area contributed by atoms with Crippen molar-refractivity contribution in [1.82, 2.24) is 14.8 Å². The molecule has 3 N–H and O–H groups in total. The van der Waals surface area contributed by atoms with E-state index in [9.17, 15) is 0 Å². The summed E-state index contributed by atoms with van der Waals surface area (Å²) in [5, 5.41) is 7.47. The van der Waals surface area contributed by atoms with Gasteiger partial charge in [-0.1, -0.05) is 0 Å². The van der Waals surface area contributed by atoms with Gasteiger partial charge in [-0.05, 0) is 24.6 Å². The number of aromatic nitrogens is 3. The molecule has 5 nitrogen and oxygen atoms in total. The summed E-state index contributed by atoms with van der Waals surface area (Å²) in [5.41, 5.74) is 8.42. The molecule has 84 valence electrons. The Balaban J connectivity index is 2.02. The van der Waals surface area contributed by atoms with Gasteiger partial charge in [0.1, 0.15) is 5.82 Å². The zero-order chi connectivity index (χ0) is 11.5. The highest BCUT2D eigenvalue weighted by Crippen LogP contribution is 2.13. The second-order valence-corrected chi connectivity index (χ2v) is 3.76. The van der Waals surface area contributed by atoms with Gasteiger partial charge in [0.2, 0.25) is 0 Å². The van der Waals surface area contributed by atoms with Crippen molar-refractivity contribution in [2.75, 3.05) is 11.1 Å². The van der Waals surface area contributed by atoms with Crippen LogP contribution in [0.1, 0.15) is 11.3 Å². The van der Waals surface area contributed by atoms with Crippen molar-refractivity contribution in [1.29, 1.82) is 0 Å². The highest BCUT2D eigenvalue weighted by atomic mass is 15.3. The van der Waals surface area contributed by atoms with Gasteiger partial charge in [0.05, 0.1) is 24.1 Å². The van der Waals surface area contributed by atoms with Crippen LogP contribution >= 0.6 is 0 Å². The van der Waals surface area contributed by atoms with Crippen LogP contribution in [-0.2, 0) is 13.6 Å². The Hall–Kier alpha value is -2.04. The molecule has 0 aromatic carbocycles. The molecule has 2 rings (SSSR count). The van der Waals surface area contributed by atoms with Gasteiger partial charge >= 0.3 is 0 Å². The first-order chi connectivity index (χ1) is 7.65. The maximum absolute atomic E-state index is 5.69. The number of nitrogen functional groups attached to an aromatic ring is 1. The molecule has 0 aliphatic heterocycles. The molecule has 0 bridgehead atoms. The van der Waals surface area contributed by atoms with E-state index >= 15 is 0 Å². The molecule has 0 saturated heterocycles. The summed E-state index contributed by atoms with van der Waals surface area (Å²) >= 11 is 0. The number of nitrogens with zero attached hydrogens (tertiary/aromatic N) is 3. The van der Waals surface area contributed by atoms with E-state index in [4.69, 9.17) is 5.73 Å². The van der Waals surface area contributed by atoms with Gasteiger partial charge in [0.15, 0.2) is 0 Å². The van der Waals surface area contributed by atoms with Crippen molar-refractivity contribution in [3.8, 4) is 0 Å². The summed E-state index contributed by atoms with van der Waals surface area (Å²) in [6.07, 6.45) is 3.58. The molecule has 0 unspecified atom stereocenters. The van der Waals surface area contributed by atoms with E-state index in [0.717, 1.165) is 17.1 Å². The smallest absolute Gasteiger partial charge is 0.126 e. The predicted octanol–water partition coefficient (Wildman–Crippen LogP) is 1.32. The number of hydrogen-bond acceptors (Lipinski definition) is 4. The maximum Gasteiger partial charge on any atom is 0.126 e. The van der Waals surface area contributed by atoms with Crippen molar-refractivity contribution in [2.45, 2.75) is 13.5 Å². The number of pyridine rings is 1. The van der Waals surface area contributed by atoms with Gasteiger partial charge in [0.25, 0.3) is 0 Å². The molecule has 0 fully saturated rings. The van der Waals surface area contributed by atoms with Crippen molar-refractivity contribution in [2.24, 2.45) is 7.05 Å². The fourth-order valence-electron chi connectivity index (χ4n) is 1.40. The van der Waals surface area contributed by atoms with Gasteiger partial charge < -0.3 is 11.1 Å². The number of nitrogens with two attached hydrogens (primary N) is 1. The number of nitrogens with one attached hydrogen (secondary N) is 1. The van der Waals surface area contributed by atoms with E-state index in [2.05, 4.69) is 15.4 Å². The van der Waals surface area contributed by atoms with Gasteiger partial charge in [-0.2, -0.15) is 5.10 Å². The molecule has 5 heteroatoms. The molecular formula is C11H15N5. The van der Waals surface area contributed by atoms with Gasteiger partial charge in [0, 0.05) is 13.2 Å². The van der Waals surface area contributed by atoms with Crippen LogP contribution in [0.25, 0.3) is 0 Å². The zero-order valence-electron chi connectivity index (χ0n) is 9.44. The molecule has 2 aromatic rings. The van der Waals surface area contributed by atoms with Gasteiger partial charge in [-0.25, -0.2) is 4.98 Å².